The molecule has 0 fully saturated rings. The lowest BCUT2D eigenvalue weighted by Crippen LogP contribution is -2.34. The highest BCUT2D eigenvalue weighted by atomic mass is 32.2. The van der Waals surface area contributed by atoms with Crippen LogP contribution >= 0.6 is 0 Å². The van der Waals surface area contributed by atoms with Crippen molar-refractivity contribution in [2.24, 2.45) is 0 Å². The minimum absolute atomic E-state index is 0.0171. The summed E-state index contributed by atoms with van der Waals surface area (Å²) in [7, 11) is -0.409. The summed E-state index contributed by atoms with van der Waals surface area (Å²) in [5, 5.41) is 0. The summed E-state index contributed by atoms with van der Waals surface area (Å²) in [6, 6.07) is -0.0619. The summed E-state index contributed by atoms with van der Waals surface area (Å²) in [6.07, 6.45) is 0.438. The third-order valence-corrected chi connectivity index (χ3v) is 4.28. The van der Waals surface area contributed by atoms with Crippen LogP contribution in [0.5, 0.6) is 0 Å². The SMILES string of the molecule is COC(=O)CCCS(=O)(=O)N(C)C(C)C. The van der Waals surface area contributed by atoms with Gasteiger partial charge in [-0.05, 0) is 20.3 Å². The second-order valence-corrected chi connectivity index (χ2v) is 5.75. The summed E-state index contributed by atoms with van der Waals surface area (Å²) in [6.45, 7) is 3.61. The Labute approximate surface area is 91.5 Å². The number of nitrogens with zero attached hydrogens (tertiary/aromatic N) is 1. The van der Waals surface area contributed by atoms with Gasteiger partial charge in [-0.25, -0.2) is 12.7 Å². The van der Waals surface area contributed by atoms with E-state index in [1.54, 1.807) is 13.8 Å². The van der Waals surface area contributed by atoms with Crippen molar-refractivity contribution < 1.29 is 17.9 Å². The number of sulfonamides is 1. The van der Waals surface area contributed by atoms with Gasteiger partial charge in [0.2, 0.25) is 10.0 Å². The second kappa shape index (κ2) is 6.07. The molecule has 6 heteroatoms. The largest absolute Gasteiger partial charge is 0.469 e. The zero-order valence-electron chi connectivity index (χ0n) is 9.69. The van der Waals surface area contributed by atoms with Gasteiger partial charge in [-0.3, -0.25) is 4.79 Å². The quantitative estimate of drug-likeness (QED) is 0.635. The van der Waals surface area contributed by atoms with Gasteiger partial charge < -0.3 is 4.74 Å². The summed E-state index contributed by atoms with van der Waals surface area (Å²) >= 11 is 0. The highest BCUT2D eigenvalue weighted by Crippen LogP contribution is 2.06. The van der Waals surface area contributed by atoms with E-state index in [9.17, 15) is 13.2 Å². The first-order chi connectivity index (χ1) is 6.81. The molecule has 0 unspecified atom stereocenters. The van der Waals surface area contributed by atoms with Crippen molar-refractivity contribution in [3.05, 3.63) is 0 Å². The van der Waals surface area contributed by atoms with Crippen molar-refractivity contribution in [2.45, 2.75) is 32.7 Å². The van der Waals surface area contributed by atoms with Crippen molar-refractivity contribution in [1.82, 2.24) is 4.31 Å². The highest BCUT2D eigenvalue weighted by molar-refractivity contribution is 7.89. The minimum atomic E-state index is -3.24. The number of ether oxygens (including phenoxy) is 1. The van der Waals surface area contributed by atoms with Gasteiger partial charge in [-0.15, -0.1) is 0 Å². The van der Waals surface area contributed by atoms with Crippen LogP contribution < -0.4 is 0 Å². The van der Waals surface area contributed by atoms with E-state index in [0.29, 0.717) is 6.42 Å². The fraction of sp³-hybridized carbons (Fsp3) is 0.889. The lowest BCUT2D eigenvalue weighted by atomic mass is 10.3. The fourth-order valence-corrected chi connectivity index (χ4v) is 2.41. The molecule has 0 aromatic rings. The van der Waals surface area contributed by atoms with Crippen LogP contribution in [0, 0.1) is 0 Å². The number of rotatable bonds is 6. The molecule has 0 amide bonds. The van der Waals surface area contributed by atoms with Crippen LogP contribution in [0.1, 0.15) is 26.7 Å². The molecular formula is C9H19NO4S. The van der Waals surface area contributed by atoms with Gasteiger partial charge in [-0.1, -0.05) is 0 Å². The van der Waals surface area contributed by atoms with Crippen molar-refractivity contribution in [2.75, 3.05) is 19.9 Å². The maximum atomic E-state index is 11.6. The first-order valence-corrected chi connectivity index (χ1v) is 6.44. The molecular weight excluding hydrogens is 218 g/mol. The standard InChI is InChI=1S/C9H19NO4S/c1-8(2)10(3)15(12,13)7-5-6-9(11)14-4/h8H,5-7H2,1-4H3. The number of hydrogen-bond acceptors (Lipinski definition) is 4. The van der Waals surface area contributed by atoms with Gasteiger partial charge in [0.05, 0.1) is 12.9 Å². The van der Waals surface area contributed by atoms with Crippen LogP contribution in [0.2, 0.25) is 0 Å². The summed E-state index contributed by atoms with van der Waals surface area (Å²) in [5.74, 6) is -0.394. The van der Waals surface area contributed by atoms with E-state index in [4.69, 9.17) is 0 Å². The normalized spacial score (nSPS) is 12.1. The molecule has 0 atom stereocenters. The van der Waals surface area contributed by atoms with Crippen molar-refractivity contribution in [3.63, 3.8) is 0 Å². The number of methoxy groups -OCH3 is 1. The average molecular weight is 237 g/mol. The molecule has 0 aromatic heterocycles. The minimum Gasteiger partial charge on any atom is -0.469 e. The Hall–Kier alpha value is -0.620. The van der Waals surface area contributed by atoms with Crippen LogP contribution in [-0.4, -0.2) is 44.6 Å². The lowest BCUT2D eigenvalue weighted by Gasteiger charge is -2.20. The predicted molar refractivity (Wildman–Crippen MR) is 57.9 cm³/mol. The van der Waals surface area contributed by atoms with Crippen LogP contribution in [0.3, 0.4) is 0 Å². The Bertz CT molecular complexity index is 297. The van der Waals surface area contributed by atoms with Gasteiger partial charge in [0.15, 0.2) is 0 Å². The van der Waals surface area contributed by atoms with Crippen molar-refractivity contribution >= 4 is 16.0 Å². The third-order valence-electron chi connectivity index (χ3n) is 2.18. The summed E-state index contributed by atoms with van der Waals surface area (Å²) in [4.78, 5) is 10.8. The maximum Gasteiger partial charge on any atom is 0.305 e. The first kappa shape index (κ1) is 14.4. The molecule has 0 spiro atoms. The van der Waals surface area contributed by atoms with E-state index in [1.807, 2.05) is 0 Å². The molecule has 0 N–H and O–H groups in total. The molecule has 0 saturated carbocycles. The highest BCUT2D eigenvalue weighted by Gasteiger charge is 2.20. The lowest BCUT2D eigenvalue weighted by molar-refractivity contribution is -0.140. The molecule has 5 nitrogen and oxygen atoms in total. The number of hydrogen-bond donors (Lipinski definition) is 0. The van der Waals surface area contributed by atoms with Gasteiger partial charge >= 0.3 is 5.97 Å². The Morgan fingerprint density at radius 2 is 1.93 bits per heavy atom. The van der Waals surface area contributed by atoms with Crippen LogP contribution in [0.15, 0.2) is 0 Å². The topological polar surface area (TPSA) is 63.7 Å². The number of esters is 1. The van der Waals surface area contributed by atoms with E-state index < -0.39 is 10.0 Å². The number of carbonyl (C=O) groups excluding carboxylic acids is 1. The first-order valence-electron chi connectivity index (χ1n) is 4.83. The van der Waals surface area contributed by atoms with Gasteiger partial charge in [0.25, 0.3) is 0 Å². The van der Waals surface area contributed by atoms with Crippen molar-refractivity contribution in [3.8, 4) is 0 Å². The van der Waals surface area contributed by atoms with E-state index in [0.717, 1.165) is 0 Å². The van der Waals surface area contributed by atoms with E-state index in [-0.39, 0.29) is 24.2 Å². The van der Waals surface area contributed by atoms with Crippen molar-refractivity contribution in [1.29, 1.82) is 0 Å². The molecule has 0 saturated heterocycles. The molecule has 0 aliphatic heterocycles. The van der Waals surface area contributed by atoms with Gasteiger partial charge in [-0.2, -0.15) is 0 Å². The van der Waals surface area contributed by atoms with Crippen LogP contribution in [0.4, 0.5) is 0 Å². The fourth-order valence-electron chi connectivity index (χ4n) is 0.966. The van der Waals surface area contributed by atoms with E-state index >= 15 is 0 Å². The molecule has 0 aromatic carbocycles. The monoisotopic (exact) mass is 237 g/mol. The molecule has 0 aliphatic rings. The Kier molecular flexibility index (Phi) is 5.82. The van der Waals surface area contributed by atoms with Crippen LogP contribution in [0.25, 0.3) is 0 Å². The van der Waals surface area contributed by atoms with E-state index in [2.05, 4.69) is 4.74 Å². The summed E-state index contributed by atoms with van der Waals surface area (Å²) in [5.41, 5.74) is 0. The molecule has 0 rings (SSSR count). The van der Waals surface area contributed by atoms with E-state index in [1.165, 1.54) is 18.5 Å². The summed E-state index contributed by atoms with van der Waals surface area (Å²) < 4.78 is 29.0. The Morgan fingerprint density at radius 3 is 2.33 bits per heavy atom. The Morgan fingerprint density at radius 1 is 1.40 bits per heavy atom. The third kappa shape index (κ3) is 5.13. The Balaban J connectivity index is 4.11. The van der Waals surface area contributed by atoms with Gasteiger partial charge in [0, 0.05) is 19.5 Å². The molecule has 0 heterocycles. The molecule has 90 valence electrons. The molecule has 0 aliphatic carbocycles. The van der Waals surface area contributed by atoms with Crippen LogP contribution in [-0.2, 0) is 19.6 Å². The predicted octanol–water partition coefficient (Wildman–Crippen LogP) is 0.610. The smallest absolute Gasteiger partial charge is 0.305 e. The zero-order chi connectivity index (χ0) is 12.1. The molecule has 15 heavy (non-hydrogen) atoms. The average Bonchev–Trinajstić information content (AvgIpc) is 2.15. The zero-order valence-corrected chi connectivity index (χ0v) is 10.5. The van der Waals surface area contributed by atoms with Gasteiger partial charge in [0.1, 0.15) is 0 Å². The maximum absolute atomic E-state index is 11.6. The molecule has 0 radical (unpaired) electrons. The molecule has 0 bridgehead atoms. The second-order valence-electron chi connectivity index (χ2n) is 3.61. The number of carbonyl (C=O) groups is 1.